The number of hydrogen-bond donors (Lipinski definition) is 1. The third-order valence-electron chi connectivity index (χ3n) is 6.50. The standard InChI is InChI=1S/C21H30N2O3/c24-19-7-10-22(16-17-5-1-2-6-18(17)19)20(25)15-21(8-3-4-9-21)23-11-13-26-14-12-23/h1-2,5-6,19,24H,3-4,7-16H2. The van der Waals surface area contributed by atoms with Gasteiger partial charge in [-0.15, -0.1) is 0 Å². The van der Waals surface area contributed by atoms with Gasteiger partial charge in [0.2, 0.25) is 5.91 Å². The highest BCUT2D eigenvalue weighted by Crippen LogP contribution is 2.39. The van der Waals surface area contributed by atoms with Gasteiger partial charge in [0.25, 0.3) is 0 Å². The number of fused-ring (bicyclic) bond motifs is 1. The SMILES string of the molecule is O=C(CC1(N2CCOCC2)CCCC1)N1CCC(O)c2ccccc2C1. The fourth-order valence-electron chi connectivity index (χ4n) is 5.00. The maximum atomic E-state index is 13.3. The van der Waals surface area contributed by atoms with Crippen LogP contribution in [0.5, 0.6) is 0 Å². The molecule has 1 atom stereocenters. The Balaban J connectivity index is 1.50. The molecule has 1 N–H and O–H groups in total. The van der Waals surface area contributed by atoms with Gasteiger partial charge >= 0.3 is 0 Å². The molecule has 1 saturated heterocycles. The Hall–Kier alpha value is -1.43. The number of ether oxygens (including phenoxy) is 1. The van der Waals surface area contributed by atoms with E-state index in [1.807, 2.05) is 29.2 Å². The number of amides is 1. The van der Waals surface area contributed by atoms with Crippen LogP contribution in [0.25, 0.3) is 0 Å². The van der Waals surface area contributed by atoms with Gasteiger partial charge in [-0.2, -0.15) is 0 Å². The van der Waals surface area contributed by atoms with Gasteiger partial charge < -0.3 is 14.7 Å². The summed E-state index contributed by atoms with van der Waals surface area (Å²) >= 11 is 0. The number of aliphatic hydroxyl groups is 1. The summed E-state index contributed by atoms with van der Waals surface area (Å²) in [7, 11) is 0. The van der Waals surface area contributed by atoms with E-state index in [0.29, 0.717) is 25.9 Å². The van der Waals surface area contributed by atoms with Gasteiger partial charge in [-0.1, -0.05) is 37.1 Å². The average molecular weight is 358 g/mol. The molecule has 0 bridgehead atoms. The first-order valence-corrected chi connectivity index (χ1v) is 10.0. The van der Waals surface area contributed by atoms with Crippen LogP contribution in [0.3, 0.4) is 0 Å². The zero-order valence-corrected chi connectivity index (χ0v) is 15.5. The second-order valence-electron chi connectivity index (χ2n) is 8.03. The van der Waals surface area contributed by atoms with Crippen molar-refractivity contribution in [2.24, 2.45) is 0 Å². The Kier molecular flexibility index (Phi) is 5.30. The van der Waals surface area contributed by atoms with Crippen molar-refractivity contribution in [1.82, 2.24) is 9.80 Å². The molecule has 1 unspecified atom stereocenters. The third kappa shape index (κ3) is 3.53. The molecule has 4 rings (SSSR count). The minimum Gasteiger partial charge on any atom is -0.388 e. The van der Waals surface area contributed by atoms with Crippen molar-refractivity contribution in [3.05, 3.63) is 35.4 Å². The van der Waals surface area contributed by atoms with E-state index >= 15 is 0 Å². The Bertz CT molecular complexity index is 636. The predicted octanol–water partition coefficient (Wildman–Crippen LogP) is 2.49. The molecule has 1 aliphatic carbocycles. The van der Waals surface area contributed by atoms with E-state index in [1.54, 1.807) is 0 Å². The zero-order valence-electron chi connectivity index (χ0n) is 15.5. The lowest BCUT2D eigenvalue weighted by Gasteiger charge is -2.44. The molecule has 0 spiro atoms. The summed E-state index contributed by atoms with van der Waals surface area (Å²) in [6.07, 6.45) is 5.41. The zero-order chi connectivity index (χ0) is 18.0. The lowest BCUT2D eigenvalue weighted by atomic mass is 9.89. The first-order chi connectivity index (χ1) is 12.7. The Morgan fingerprint density at radius 1 is 1.15 bits per heavy atom. The minimum absolute atomic E-state index is 0.0191. The highest BCUT2D eigenvalue weighted by molar-refractivity contribution is 5.77. The average Bonchev–Trinajstić information content (AvgIpc) is 3.08. The molecular formula is C21H30N2O3. The third-order valence-corrected chi connectivity index (χ3v) is 6.50. The van der Waals surface area contributed by atoms with Gasteiger partial charge in [0.05, 0.1) is 19.3 Å². The van der Waals surface area contributed by atoms with Crippen LogP contribution in [0.15, 0.2) is 24.3 Å². The molecule has 1 saturated carbocycles. The first-order valence-electron chi connectivity index (χ1n) is 10.0. The van der Waals surface area contributed by atoms with Crippen LogP contribution >= 0.6 is 0 Å². The van der Waals surface area contributed by atoms with Crippen molar-refractivity contribution in [1.29, 1.82) is 0 Å². The van der Waals surface area contributed by atoms with E-state index < -0.39 is 6.10 Å². The number of morpholine rings is 1. The Morgan fingerprint density at radius 3 is 2.65 bits per heavy atom. The lowest BCUT2D eigenvalue weighted by molar-refractivity contribution is -0.136. The summed E-state index contributed by atoms with van der Waals surface area (Å²) in [4.78, 5) is 17.7. The number of benzene rings is 1. The van der Waals surface area contributed by atoms with Gasteiger partial charge in [0.15, 0.2) is 0 Å². The van der Waals surface area contributed by atoms with Crippen LogP contribution in [-0.4, -0.2) is 59.2 Å². The van der Waals surface area contributed by atoms with Crippen LogP contribution in [0, 0.1) is 0 Å². The highest BCUT2D eigenvalue weighted by Gasteiger charge is 2.42. The fourth-order valence-corrected chi connectivity index (χ4v) is 5.00. The van der Waals surface area contributed by atoms with E-state index in [1.165, 1.54) is 12.8 Å². The summed E-state index contributed by atoms with van der Waals surface area (Å²) in [5.41, 5.74) is 2.08. The number of carbonyl (C=O) groups excluding carboxylic acids is 1. The maximum Gasteiger partial charge on any atom is 0.224 e. The molecule has 2 heterocycles. The van der Waals surface area contributed by atoms with Crippen molar-refractivity contribution in [3.8, 4) is 0 Å². The second-order valence-corrected chi connectivity index (χ2v) is 8.03. The van der Waals surface area contributed by atoms with Gasteiger partial charge in [-0.25, -0.2) is 0 Å². The van der Waals surface area contributed by atoms with Gasteiger partial charge in [0, 0.05) is 38.1 Å². The molecule has 26 heavy (non-hydrogen) atoms. The molecule has 5 heteroatoms. The van der Waals surface area contributed by atoms with Gasteiger partial charge in [-0.05, 0) is 30.4 Å². The van der Waals surface area contributed by atoms with Crippen molar-refractivity contribution in [2.75, 3.05) is 32.8 Å². The number of hydrogen-bond acceptors (Lipinski definition) is 4. The number of nitrogens with zero attached hydrogens (tertiary/aromatic N) is 2. The fraction of sp³-hybridized carbons (Fsp3) is 0.667. The largest absolute Gasteiger partial charge is 0.388 e. The highest BCUT2D eigenvalue weighted by atomic mass is 16.5. The smallest absolute Gasteiger partial charge is 0.224 e. The summed E-state index contributed by atoms with van der Waals surface area (Å²) in [6.45, 7) is 4.68. The van der Waals surface area contributed by atoms with Crippen LogP contribution < -0.4 is 0 Å². The maximum absolute atomic E-state index is 13.3. The van der Waals surface area contributed by atoms with E-state index in [9.17, 15) is 9.90 Å². The van der Waals surface area contributed by atoms with Crippen molar-refractivity contribution >= 4 is 5.91 Å². The van der Waals surface area contributed by atoms with E-state index in [2.05, 4.69) is 4.90 Å². The summed E-state index contributed by atoms with van der Waals surface area (Å²) in [5, 5.41) is 10.4. The normalized spacial score (nSPS) is 26.3. The molecule has 0 radical (unpaired) electrons. The molecule has 5 nitrogen and oxygen atoms in total. The molecule has 1 aromatic carbocycles. The predicted molar refractivity (Wildman–Crippen MR) is 99.6 cm³/mol. The Labute approximate surface area is 155 Å². The van der Waals surface area contributed by atoms with Gasteiger partial charge in [-0.3, -0.25) is 9.69 Å². The van der Waals surface area contributed by atoms with Crippen LogP contribution in [0.2, 0.25) is 0 Å². The van der Waals surface area contributed by atoms with Crippen molar-refractivity contribution in [2.45, 2.75) is 56.7 Å². The monoisotopic (exact) mass is 358 g/mol. The molecule has 142 valence electrons. The van der Waals surface area contributed by atoms with Crippen LogP contribution in [-0.2, 0) is 16.1 Å². The summed E-state index contributed by atoms with van der Waals surface area (Å²) in [6, 6.07) is 7.98. The van der Waals surface area contributed by atoms with E-state index in [0.717, 1.165) is 50.3 Å². The molecule has 1 aromatic rings. The number of carbonyl (C=O) groups is 1. The molecular weight excluding hydrogens is 328 g/mol. The number of aliphatic hydroxyl groups excluding tert-OH is 1. The molecule has 1 amide bonds. The summed E-state index contributed by atoms with van der Waals surface area (Å²) < 4.78 is 5.53. The second kappa shape index (κ2) is 7.67. The minimum atomic E-state index is -0.469. The topological polar surface area (TPSA) is 53.0 Å². The van der Waals surface area contributed by atoms with Gasteiger partial charge in [0.1, 0.15) is 0 Å². The molecule has 2 fully saturated rings. The Morgan fingerprint density at radius 2 is 1.88 bits per heavy atom. The van der Waals surface area contributed by atoms with Crippen molar-refractivity contribution in [3.63, 3.8) is 0 Å². The lowest BCUT2D eigenvalue weighted by Crippen LogP contribution is -2.54. The van der Waals surface area contributed by atoms with E-state index in [4.69, 9.17) is 4.74 Å². The molecule has 3 aliphatic rings. The van der Waals surface area contributed by atoms with Crippen molar-refractivity contribution < 1.29 is 14.6 Å². The summed E-state index contributed by atoms with van der Waals surface area (Å²) in [5.74, 6) is 0.238. The van der Waals surface area contributed by atoms with Crippen LogP contribution in [0.1, 0.15) is 55.8 Å². The molecule has 2 aliphatic heterocycles. The molecule has 0 aromatic heterocycles. The quantitative estimate of drug-likeness (QED) is 0.902. The van der Waals surface area contributed by atoms with E-state index in [-0.39, 0.29) is 11.4 Å². The van der Waals surface area contributed by atoms with Crippen LogP contribution in [0.4, 0.5) is 0 Å². The number of rotatable bonds is 3. The first kappa shape index (κ1) is 18.0.